The first-order valence-corrected chi connectivity index (χ1v) is 15.9. The molecule has 214 valence electrons. The van der Waals surface area contributed by atoms with Crippen LogP contribution in [0.2, 0.25) is 0 Å². The summed E-state index contributed by atoms with van der Waals surface area (Å²) >= 11 is 0. The van der Waals surface area contributed by atoms with Crippen molar-refractivity contribution in [3.8, 4) is 0 Å². The topological polar surface area (TPSA) is 52.6 Å². The minimum atomic E-state index is -0.0126. The van der Waals surface area contributed by atoms with Crippen molar-refractivity contribution in [2.45, 2.75) is 169 Å². The van der Waals surface area contributed by atoms with E-state index in [9.17, 15) is 9.59 Å². The third-order valence-corrected chi connectivity index (χ3v) is 7.54. The monoisotopic (exact) mass is 510 g/mol. The number of ether oxygens (including phenoxy) is 2. The summed E-state index contributed by atoms with van der Waals surface area (Å²) in [6.45, 7) is 9.94. The van der Waals surface area contributed by atoms with Gasteiger partial charge in [0.2, 0.25) is 0 Å². The van der Waals surface area contributed by atoms with Crippen LogP contribution in [0.1, 0.15) is 169 Å². The van der Waals surface area contributed by atoms with Gasteiger partial charge in [0.25, 0.3) is 0 Å². The second-order valence-electron chi connectivity index (χ2n) is 10.8. The van der Waals surface area contributed by atoms with Crippen molar-refractivity contribution >= 4 is 11.9 Å². The summed E-state index contributed by atoms with van der Waals surface area (Å²) in [5.41, 5.74) is 0. The lowest BCUT2D eigenvalue weighted by Gasteiger charge is -2.23. The van der Waals surface area contributed by atoms with Crippen molar-refractivity contribution in [2.24, 2.45) is 11.8 Å². The Balaban J connectivity index is 3.65. The molecule has 0 fully saturated rings. The Kier molecular flexibility index (Phi) is 26.2. The van der Waals surface area contributed by atoms with Gasteiger partial charge in [-0.2, -0.15) is 0 Å². The summed E-state index contributed by atoms with van der Waals surface area (Å²) in [7, 11) is 0. The van der Waals surface area contributed by atoms with Crippen LogP contribution in [0.25, 0.3) is 0 Å². The zero-order valence-electron chi connectivity index (χ0n) is 24.8. The molecule has 0 radical (unpaired) electrons. The fourth-order valence-corrected chi connectivity index (χ4v) is 5.07. The first-order valence-electron chi connectivity index (χ1n) is 15.9. The van der Waals surface area contributed by atoms with E-state index in [0.717, 1.165) is 57.8 Å². The summed E-state index contributed by atoms with van der Waals surface area (Å²) in [6.07, 6.45) is 25.3. The minimum absolute atomic E-state index is 0.0126. The molecule has 36 heavy (non-hydrogen) atoms. The van der Waals surface area contributed by atoms with Gasteiger partial charge in [-0.1, -0.05) is 130 Å². The van der Waals surface area contributed by atoms with Crippen molar-refractivity contribution in [1.29, 1.82) is 0 Å². The Morgan fingerprint density at radius 3 is 1.50 bits per heavy atom. The molecule has 0 saturated carbocycles. The SMILES string of the molecule is CCCCCCOC(=O)CCCCCCCCCCCCC(CC)C(CC)C(=O)OCCCCCC. The highest BCUT2D eigenvalue weighted by atomic mass is 16.5. The molecule has 0 rings (SSSR count). The van der Waals surface area contributed by atoms with Crippen LogP contribution in [0.5, 0.6) is 0 Å². The summed E-state index contributed by atoms with van der Waals surface area (Å²) in [5.74, 6) is 0.576. The Morgan fingerprint density at radius 1 is 0.528 bits per heavy atom. The van der Waals surface area contributed by atoms with Gasteiger partial charge in [0, 0.05) is 6.42 Å². The molecule has 0 bridgehead atoms. The molecule has 0 aliphatic rings. The van der Waals surface area contributed by atoms with E-state index in [1.165, 1.54) is 77.0 Å². The predicted octanol–water partition coefficient (Wildman–Crippen LogP) is 9.97. The Morgan fingerprint density at radius 2 is 1.00 bits per heavy atom. The van der Waals surface area contributed by atoms with Crippen molar-refractivity contribution < 1.29 is 19.1 Å². The first-order chi connectivity index (χ1) is 17.6. The van der Waals surface area contributed by atoms with Crippen molar-refractivity contribution in [3.63, 3.8) is 0 Å². The molecule has 2 unspecified atom stereocenters. The quantitative estimate of drug-likeness (QED) is 0.0814. The van der Waals surface area contributed by atoms with E-state index < -0.39 is 0 Å². The molecule has 2 atom stereocenters. The Bertz CT molecular complexity index is 491. The molecule has 0 aromatic rings. The second-order valence-corrected chi connectivity index (χ2v) is 10.8. The summed E-state index contributed by atoms with van der Waals surface area (Å²) in [6, 6.07) is 0. The highest BCUT2D eigenvalue weighted by molar-refractivity contribution is 5.72. The highest BCUT2D eigenvalue weighted by Gasteiger charge is 2.26. The average molecular weight is 511 g/mol. The van der Waals surface area contributed by atoms with Crippen LogP contribution in [0, 0.1) is 11.8 Å². The van der Waals surface area contributed by atoms with E-state index in [1.807, 2.05) is 0 Å². The van der Waals surface area contributed by atoms with Gasteiger partial charge in [0.1, 0.15) is 0 Å². The summed E-state index contributed by atoms with van der Waals surface area (Å²) < 4.78 is 10.9. The highest BCUT2D eigenvalue weighted by Crippen LogP contribution is 2.27. The number of unbranched alkanes of at least 4 members (excludes halogenated alkanes) is 15. The molecule has 0 saturated heterocycles. The number of carbonyl (C=O) groups excluding carboxylic acids is 2. The Labute approximate surface area is 225 Å². The maximum Gasteiger partial charge on any atom is 0.309 e. The average Bonchev–Trinajstić information content (AvgIpc) is 2.88. The van der Waals surface area contributed by atoms with E-state index in [2.05, 4.69) is 27.7 Å². The molecule has 0 aliphatic carbocycles. The van der Waals surface area contributed by atoms with Crippen LogP contribution in [0.4, 0.5) is 0 Å². The molecular formula is C32H62O4. The number of hydrogen-bond donors (Lipinski definition) is 0. The van der Waals surface area contributed by atoms with Crippen molar-refractivity contribution in [3.05, 3.63) is 0 Å². The third-order valence-electron chi connectivity index (χ3n) is 7.54. The maximum atomic E-state index is 12.6. The fourth-order valence-electron chi connectivity index (χ4n) is 5.07. The van der Waals surface area contributed by atoms with Crippen molar-refractivity contribution in [1.82, 2.24) is 0 Å². The molecule has 0 aliphatic heterocycles. The lowest BCUT2D eigenvalue weighted by atomic mass is 9.84. The molecule has 0 N–H and O–H groups in total. The van der Waals surface area contributed by atoms with E-state index in [0.29, 0.717) is 25.6 Å². The molecule has 4 nitrogen and oxygen atoms in total. The standard InChI is InChI=1S/C32H62O4/c1-5-9-11-23-27-35-31(33)26-22-20-18-16-14-13-15-17-19-21-25-29(7-3)30(8-4)32(34)36-28-24-12-10-6-2/h29-30H,5-28H2,1-4H3. The number of hydrogen-bond acceptors (Lipinski definition) is 4. The largest absolute Gasteiger partial charge is 0.466 e. The van der Waals surface area contributed by atoms with E-state index in [-0.39, 0.29) is 17.9 Å². The molecule has 0 aromatic carbocycles. The van der Waals surface area contributed by atoms with Crippen LogP contribution in [0.15, 0.2) is 0 Å². The van der Waals surface area contributed by atoms with Crippen LogP contribution >= 0.6 is 0 Å². The molecule has 0 spiro atoms. The van der Waals surface area contributed by atoms with Gasteiger partial charge in [0.05, 0.1) is 19.1 Å². The van der Waals surface area contributed by atoms with Crippen LogP contribution in [-0.4, -0.2) is 25.2 Å². The zero-order valence-corrected chi connectivity index (χ0v) is 24.8. The fraction of sp³-hybridized carbons (Fsp3) is 0.938. The lowest BCUT2D eigenvalue weighted by Crippen LogP contribution is -2.25. The van der Waals surface area contributed by atoms with Crippen LogP contribution in [-0.2, 0) is 19.1 Å². The van der Waals surface area contributed by atoms with Gasteiger partial charge in [-0.25, -0.2) is 0 Å². The van der Waals surface area contributed by atoms with E-state index in [1.54, 1.807) is 0 Å². The number of carbonyl (C=O) groups is 2. The first kappa shape index (κ1) is 34.9. The van der Waals surface area contributed by atoms with Gasteiger partial charge < -0.3 is 9.47 Å². The summed E-state index contributed by atoms with van der Waals surface area (Å²) in [5, 5.41) is 0. The smallest absolute Gasteiger partial charge is 0.309 e. The van der Waals surface area contributed by atoms with Crippen molar-refractivity contribution in [2.75, 3.05) is 13.2 Å². The summed E-state index contributed by atoms with van der Waals surface area (Å²) in [4.78, 5) is 24.3. The van der Waals surface area contributed by atoms with Gasteiger partial charge in [-0.15, -0.1) is 0 Å². The molecular weight excluding hydrogens is 448 g/mol. The maximum absolute atomic E-state index is 12.6. The number of rotatable bonds is 27. The van der Waals surface area contributed by atoms with Gasteiger partial charge >= 0.3 is 11.9 Å². The third kappa shape index (κ3) is 21.1. The molecule has 0 aromatic heterocycles. The van der Waals surface area contributed by atoms with E-state index in [4.69, 9.17) is 9.47 Å². The Hall–Kier alpha value is -1.06. The predicted molar refractivity (Wildman–Crippen MR) is 153 cm³/mol. The molecule has 4 heteroatoms. The molecule has 0 amide bonds. The lowest BCUT2D eigenvalue weighted by molar-refractivity contribution is -0.151. The minimum Gasteiger partial charge on any atom is -0.466 e. The van der Waals surface area contributed by atoms with Gasteiger partial charge in [-0.3, -0.25) is 9.59 Å². The van der Waals surface area contributed by atoms with Crippen LogP contribution in [0.3, 0.4) is 0 Å². The van der Waals surface area contributed by atoms with Gasteiger partial charge in [0.15, 0.2) is 0 Å². The number of esters is 2. The van der Waals surface area contributed by atoms with E-state index >= 15 is 0 Å². The van der Waals surface area contributed by atoms with Crippen LogP contribution < -0.4 is 0 Å². The zero-order chi connectivity index (χ0) is 26.7. The second kappa shape index (κ2) is 27.0. The van der Waals surface area contributed by atoms with Gasteiger partial charge in [-0.05, 0) is 38.0 Å². The molecule has 0 heterocycles. The normalized spacial score (nSPS) is 12.9.